The molecule has 3 aromatic rings. The Morgan fingerprint density at radius 3 is 2.32 bits per heavy atom. The van der Waals surface area contributed by atoms with Gasteiger partial charge in [0.05, 0.1) is 11.1 Å². The maximum atomic E-state index is 13.1. The van der Waals surface area contributed by atoms with E-state index >= 15 is 0 Å². The van der Waals surface area contributed by atoms with Crippen molar-refractivity contribution in [1.82, 2.24) is 9.80 Å². The quantitative estimate of drug-likeness (QED) is 0.616. The van der Waals surface area contributed by atoms with E-state index in [1.54, 1.807) is 23.1 Å². The summed E-state index contributed by atoms with van der Waals surface area (Å²) >= 11 is 0. The maximum Gasteiger partial charge on any atom is 0.261 e. The smallest absolute Gasteiger partial charge is 0.261 e. The van der Waals surface area contributed by atoms with Gasteiger partial charge >= 0.3 is 0 Å². The molecule has 2 aliphatic rings. The van der Waals surface area contributed by atoms with Crippen LogP contribution in [-0.2, 0) is 19.4 Å². The van der Waals surface area contributed by atoms with Gasteiger partial charge in [-0.1, -0.05) is 54.6 Å². The van der Waals surface area contributed by atoms with Crippen LogP contribution in [0.2, 0.25) is 0 Å². The number of benzene rings is 3. The minimum atomic E-state index is -0.324. The molecular weight excluding hydrogens is 388 g/mol. The first kappa shape index (κ1) is 19.2. The van der Waals surface area contributed by atoms with Gasteiger partial charge in [-0.05, 0) is 47.7 Å². The van der Waals surface area contributed by atoms with Crippen LogP contribution in [0.4, 0.5) is 0 Å². The first-order chi connectivity index (χ1) is 15.1. The number of carbonyl (C=O) groups excluding carboxylic acids is 3. The Hall–Kier alpha value is -3.73. The molecule has 0 radical (unpaired) electrons. The Balaban J connectivity index is 1.34. The van der Waals surface area contributed by atoms with Gasteiger partial charge in [0.1, 0.15) is 0 Å². The molecule has 5 heteroatoms. The van der Waals surface area contributed by atoms with Crippen LogP contribution < -0.4 is 0 Å². The number of nitrogens with zero attached hydrogens (tertiary/aromatic N) is 2. The third kappa shape index (κ3) is 3.52. The zero-order valence-corrected chi connectivity index (χ0v) is 17.1. The third-order valence-electron chi connectivity index (χ3n) is 6.10. The molecule has 0 unspecified atom stereocenters. The summed E-state index contributed by atoms with van der Waals surface area (Å²) in [5.41, 5.74) is 4.64. The topological polar surface area (TPSA) is 57.7 Å². The molecule has 0 bridgehead atoms. The Morgan fingerprint density at radius 1 is 0.806 bits per heavy atom. The highest BCUT2D eigenvalue weighted by Crippen LogP contribution is 2.26. The van der Waals surface area contributed by atoms with Gasteiger partial charge in [-0.2, -0.15) is 0 Å². The summed E-state index contributed by atoms with van der Waals surface area (Å²) < 4.78 is 0. The monoisotopic (exact) mass is 410 g/mol. The lowest BCUT2D eigenvalue weighted by Crippen LogP contribution is -2.36. The van der Waals surface area contributed by atoms with Crippen molar-refractivity contribution in [2.75, 3.05) is 13.1 Å². The van der Waals surface area contributed by atoms with Gasteiger partial charge < -0.3 is 4.90 Å². The van der Waals surface area contributed by atoms with Gasteiger partial charge in [-0.15, -0.1) is 0 Å². The van der Waals surface area contributed by atoms with Crippen molar-refractivity contribution in [3.05, 3.63) is 106 Å². The van der Waals surface area contributed by atoms with Gasteiger partial charge in [-0.25, -0.2) is 0 Å². The SMILES string of the molecule is O=C(c1ccc2c(c1)C(=O)N(CCc1ccccc1)C2=O)N1CCc2ccccc2C1. The highest BCUT2D eigenvalue weighted by molar-refractivity contribution is 6.22. The molecule has 31 heavy (non-hydrogen) atoms. The summed E-state index contributed by atoms with van der Waals surface area (Å²) in [6.07, 6.45) is 1.42. The van der Waals surface area contributed by atoms with Crippen LogP contribution in [0.25, 0.3) is 0 Å². The van der Waals surface area contributed by atoms with E-state index in [0.29, 0.717) is 42.7 Å². The molecule has 2 aliphatic heterocycles. The van der Waals surface area contributed by atoms with Crippen molar-refractivity contribution in [2.45, 2.75) is 19.4 Å². The van der Waals surface area contributed by atoms with Gasteiger partial charge in [-0.3, -0.25) is 19.3 Å². The van der Waals surface area contributed by atoms with Crippen LogP contribution in [-0.4, -0.2) is 40.6 Å². The molecule has 3 aromatic carbocycles. The molecule has 0 aromatic heterocycles. The normalized spacial score (nSPS) is 15.1. The van der Waals surface area contributed by atoms with Gasteiger partial charge in [0, 0.05) is 25.2 Å². The highest BCUT2D eigenvalue weighted by atomic mass is 16.2. The molecule has 0 atom stereocenters. The molecule has 0 N–H and O–H groups in total. The molecule has 0 saturated heterocycles. The van der Waals surface area contributed by atoms with Crippen molar-refractivity contribution in [3.8, 4) is 0 Å². The molecule has 3 amide bonds. The lowest BCUT2D eigenvalue weighted by Gasteiger charge is -2.29. The lowest BCUT2D eigenvalue weighted by molar-refractivity contribution is 0.0655. The van der Waals surface area contributed by atoms with E-state index in [1.165, 1.54) is 10.5 Å². The summed E-state index contributed by atoms with van der Waals surface area (Å²) in [4.78, 5) is 41.9. The van der Waals surface area contributed by atoms with Crippen LogP contribution in [0.1, 0.15) is 47.8 Å². The Bertz CT molecular complexity index is 1190. The second-order valence-corrected chi connectivity index (χ2v) is 8.00. The average molecular weight is 410 g/mol. The molecule has 5 rings (SSSR count). The predicted molar refractivity (Wildman–Crippen MR) is 117 cm³/mol. The van der Waals surface area contributed by atoms with E-state index in [9.17, 15) is 14.4 Å². The summed E-state index contributed by atoms with van der Waals surface area (Å²) in [7, 11) is 0. The second kappa shape index (κ2) is 7.84. The van der Waals surface area contributed by atoms with Crippen LogP contribution in [0, 0.1) is 0 Å². The van der Waals surface area contributed by atoms with Crippen LogP contribution >= 0.6 is 0 Å². The van der Waals surface area contributed by atoms with Crippen LogP contribution in [0.15, 0.2) is 72.8 Å². The molecule has 5 nitrogen and oxygen atoms in total. The Morgan fingerprint density at radius 2 is 1.52 bits per heavy atom. The predicted octanol–water partition coefficient (Wildman–Crippen LogP) is 3.72. The van der Waals surface area contributed by atoms with Gasteiger partial charge in [0.25, 0.3) is 17.7 Å². The second-order valence-electron chi connectivity index (χ2n) is 8.00. The van der Waals surface area contributed by atoms with E-state index < -0.39 is 0 Å². The zero-order chi connectivity index (χ0) is 21.4. The van der Waals surface area contributed by atoms with Gasteiger partial charge in [0.15, 0.2) is 0 Å². The first-order valence-corrected chi connectivity index (χ1v) is 10.5. The summed E-state index contributed by atoms with van der Waals surface area (Å²) in [5.74, 6) is -0.725. The molecule has 0 spiro atoms. The number of amides is 3. The molecule has 154 valence electrons. The van der Waals surface area contributed by atoms with E-state index in [2.05, 4.69) is 6.07 Å². The Labute approximate surface area is 180 Å². The fourth-order valence-electron chi connectivity index (χ4n) is 4.36. The van der Waals surface area contributed by atoms with Crippen molar-refractivity contribution in [1.29, 1.82) is 0 Å². The number of fused-ring (bicyclic) bond motifs is 2. The van der Waals surface area contributed by atoms with E-state index in [-0.39, 0.29) is 17.7 Å². The number of hydrogen-bond acceptors (Lipinski definition) is 3. The van der Waals surface area contributed by atoms with E-state index in [0.717, 1.165) is 17.5 Å². The number of hydrogen-bond donors (Lipinski definition) is 0. The van der Waals surface area contributed by atoms with Crippen molar-refractivity contribution < 1.29 is 14.4 Å². The summed E-state index contributed by atoms with van der Waals surface area (Å²) in [5, 5.41) is 0. The number of rotatable bonds is 4. The lowest BCUT2D eigenvalue weighted by atomic mass is 9.98. The fourth-order valence-corrected chi connectivity index (χ4v) is 4.36. The van der Waals surface area contributed by atoms with Crippen LogP contribution in [0.3, 0.4) is 0 Å². The van der Waals surface area contributed by atoms with E-state index in [4.69, 9.17) is 0 Å². The Kier molecular flexibility index (Phi) is 4.86. The van der Waals surface area contributed by atoms with Crippen molar-refractivity contribution in [2.24, 2.45) is 0 Å². The maximum absolute atomic E-state index is 13.1. The highest BCUT2D eigenvalue weighted by Gasteiger charge is 2.36. The van der Waals surface area contributed by atoms with Gasteiger partial charge in [0.2, 0.25) is 0 Å². The standard InChI is InChI=1S/C26H22N2O3/c29-24(27-14-13-19-8-4-5-9-21(19)17-27)20-10-11-22-23(16-20)26(31)28(25(22)30)15-12-18-6-2-1-3-7-18/h1-11,16H,12-15,17H2. The molecule has 2 heterocycles. The molecular formula is C26H22N2O3. The van der Waals surface area contributed by atoms with E-state index in [1.807, 2.05) is 48.5 Å². The number of carbonyl (C=O) groups is 3. The summed E-state index contributed by atoms with van der Waals surface area (Å²) in [6.45, 7) is 1.52. The number of imide groups is 1. The minimum Gasteiger partial charge on any atom is -0.334 e. The van der Waals surface area contributed by atoms with Crippen LogP contribution in [0.5, 0.6) is 0 Å². The largest absolute Gasteiger partial charge is 0.334 e. The van der Waals surface area contributed by atoms with Crippen molar-refractivity contribution >= 4 is 17.7 Å². The zero-order valence-electron chi connectivity index (χ0n) is 17.1. The van der Waals surface area contributed by atoms with Crippen molar-refractivity contribution in [3.63, 3.8) is 0 Å². The third-order valence-corrected chi connectivity index (χ3v) is 6.10. The first-order valence-electron chi connectivity index (χ1n) is 10.5. The molecule has 0 fully saturated rings. The summed E-state index contributed by atoms with van der Waals surface area (Å²) in [6, 6.07) is 22.8. The molecule has 0 saturated carbocycles. The average Bonchev–Trinajstić information content (AvgIpc) is 3.06. The fraction of sp³-hybridized carbons (Fsp3) is 0.192. The minimum absolute atomic E-state index is 0.111. The molecule has 0 aliphatic carbocycles.